The number of hydrogen-bond donors (Lipinski definition) is 0. The third-order valence-electron chi connectivity index (χ3n) is 1.57. The van der Waals surface area contributed by atoms with Crippen molar-refractivity contribution in [3.05, 3.63) is 0 Å². The van der Waals surface area contributed by atoms with Crippen LogP contribution < -0.4 is 0 Å². The smallest absolute Gasteiger partial charge is 0.316 e. The van der Waals surface area contributed by atoms with Crippen molar-refractivity contribution in [1.29, 1.82) is 0 Å². The van der Waals surface area contributed by atoms with Gasteiger partial charge in [-0.25, -0.2) is 0 Å². The molecule has 0 aromatic carbocycles. The Labute approximate surface area is 89.7 Å². The molecule has 0 spiro atoms. The molecule has 5 nitrogen and oxygen atoms in total. The van der Waals surface area contributed by atoms with Gasteiger partial charge in [-0.15, -0.1) is 0 Å². The van der Waals surface area contributed by atoms with Crippen molar-refractivity contribution in [2.45, 2.75) is 27.2 Å². The fourth-order valence-corrected chi connectivity index (χ4v) is 0.785. The van der Waals surface area contributed by atoms with Crippen LogP contribution in [0.25, 0.3) is 0 Å². The van der Waals surface area contributed by atoms with E-state index in [1.807, 2.05) is 13.8 Å². The van der Waals surface area contributed by atoms with Crippen LogP contribution in [-0.2, 0) is 23.9 Å². The highest BCUT2D eigenvalue weighted by atomic mass is 16.5. The van der Waals surface area contributed by atoms with E-state index in [-0.39, 0.29) is 6.42 Å². The summed E-state index contributed by atoms with van der Waals surface area (Å²) in [6.07, 6.45) is -0.265. The van der Waals surface area contributed by atoms with E-state index in [1.165, 1.54) is 14.0 Å². The van der Waals surface area contributed by atoms with E-state index in [0.717, 1.165) is 7.11 Å². The average Bonchev–Trinajstić information content (AvgIpc) is 2.26. The van der Waals surface area contributed by atoms with E-state index in [1.54, 1.807) is 0 Å². The minimum Gasteiger partial charge on any atom is -0.469 e. The summed E-state index contributed by atoms with van der Waals surface area (Å²) in [5.74, 6) is -2.77. The van der Waals surface area contributed by atoms with Crippen molar-refractivity contribution in [3.8, 4) is 0 Å². The molecule has 0 rings (SSSR count). The lowest BCUT2D eigenvalue weighted by molar-refractivity contribution is -0.155. The third-order valence-corrected chi connectivity index (χ3v) is 1.57. The molecule has 5 heteroatoms. The van der Waals surface area contributed by atoms with Crippen molar-refractivity contribution < 1.29 is 23.9 Å². The first kappa shape index (κ1) is 16.1. The zero-order valence-corrected chi connectivity index (χ0v) is 9.83. The fourth-order valence-electron chi connectivity index (χ4n) is 0.785. The highest BCUT2D eigenvalue weighted by molar-refractivity contribution is 6.00. The molecule has 0 heterocycles. The van der Waals surface area contributed by atoms with Gasteiger partial charge in [0.15, 0.2) is 0 Å². The Balaban J connectivity index is 0. The van der Waals surface area contributed by atoms with Crippen LogP contribution in [0.1, 0.15) is 27.2 Å². The van der Waals surface area contributed by atoms with Crippen LogP contribution in [0.15, 0.2) is 0 Å². The van der Waals surface area contributed by atoms with E-state index in [2.05, 4.69) is 9.47 Å². The summed E-state index contributed by atoms with van der Waals surface area (Å²) in [6, 6.07) is 0. The Morgan fingerprint density at radius 2 is 1.53 bits per heavy atom. The standard InChI is InChI=1S/C8H12O5.C2H6/c1-5(9)6(8(11)13-3)4-7(10)12-2;1-2/h6H,4H2,1-3H3;1-2H3. The minimum absolute atomic E-state index is 0.265. The summed E-state index contributed by atoms with van der Waals surface area (Å²) in [5, 5.41) is 0. The normalized spacial score (nSPS) is 10.5. The van der Waals surface area contributed by atoms with Gasteiger partial charge in [-0.1, -0.05) is 13.8 Å². The van der Waals surface area contributed by atoms with Crippen molar-refractivity contribution in [1.82, 2.24) is 0 Å². The second-order valence-corrected chi connectivity index (χ2v) is 2.47. The van der Waals surface area contributed by atoms with Crippen molar-refractivity contribution in [3.63, 3.8) is 0 Å². The molecule has 0 aliphatic heterocycles. The van der Waals surface area contributed by atoms with Gasteiger partial charge in [-0.3, -0.25) is 14.4 Å². The van der Waals surface area contributed by atoms with Gasteiger partial charge in [0.2, 0.25) is 0 Å². The number of methoxy groups -OCH3 is 2. The Hall–Kier alpha value is -1.39. The predicted octanol–water partition coefficient (Wildman–Crippen LogP) is 0.954. The number of ether oxygens (including phenoxy) is 2. The first-order chi connectivity index (χ1) is 7.02. The molecule has 0 aromatic rings. The van der Waals surface area contributed by atoms with Gasteiger partial charge in [-0.2, -0.15) is 0 Å². The lowest BCUT2D eigenvalue weighted by Crippen LogP contribution is -2.26. The van der Waals surface area contributed by atoms with Gasteiger partial charge in [0.25, 0.3) is 0 Å². The molecule has 0 aliphatic rings. The number of esters is 2. The van der Waals surface area contributed by atoms with E-state index in [9.17, 15) is 14.4 Å². The molecule has 0 aliphatic carbocycles. The Kier molecular flexibility index (Phi) is 9.82. The molecule has 0 fully saturated rings. The fraction of sp³-hybridized carbons (Fsp3) is 0.700. The maximum Gasteiger partial charge on any atom is 0.316 e. The zero-order valence-electron chi connectivity index (χ0n) is 9.83. The zero-order chi connectivity index (χ0) is 12.4. The Bertz CT molecular complexity index is 222. The summed E-state index contributed by atoms with van der Waals surface area (Å²) in [5.41, 5.74) is 0. The van der Waals surface area contributed by atoms with Crippen molar-refractivity contribution >= 4 is 17.7 Å². The maximum absolute atomic E-state index is 11.0. The molecule has 0 saturated heterocycles. The van der Waals surface area contributed by atoms with Gasteiger partial charge in [0.05, 0.1) is 20.6 Å². The summed E-state index contributed by atoms with van der Waals surface area (Å²) < 4.78 is 8.68. The van der Waals surface area contributed by atoms with Crippen LogP contribution in [0.2, 0.25) is 0 Å². The number of carbonyl (C=O) groups excluding carboxylic acids is 3. The first-order valence-corrected chi connectivity index (χ1v) is 4.68. The van der Waals surface area contributed by atoms with Gasteiger partial charge < -0.3 is 9.47 Å². The maximum atomic E-state index is 11.0. The first-order valence-electron chi connectivity index (χ1n) is 4.68. The molecule has 0 radical (unpaired) electrons. The van der Waals surface area contributed by atoms with E-state index >= 15 is 0 Å². The molecule has 0 aromatic heterocycles. The number of Topliss-reactive ketones (excluding diaryl/α,β-unsaturated/α-hetero) is 1. The molecule has 0 saturated carbocycles. The lowest BCUT2D eigenvalue weighted by atomic mass is 10.0. The largest absolute Gasteiger partial charge is 0.469 e. The summed E-state index contributed by atoms with van der Waals surface area (Å²) in [4.78, 5) is 32.6. The number of ketones is 1. The molecule has 1 atom stereocenters. The molecular weight excluding hydrogens is 200 g/mol. The molecular formula is C10H18O5. The van der Waals surface area contributed by atoms with Crippen LogP contribution in [0.4, 0.5) is 0 Å². The van der Waals surface area contributed by atoms with E-state index in [0.29, 0.717) is 0 Å². The van der Waals surface area contributed by atoms with Gasteiger partial charge >= 0.3 is 11.9 Å². The van der Waals surface area contributed by atoms with Crippen molar-refractivity contribution in [2.75, 3.05) is 14.2 Å². The minimum atomic E-state index is -1.04. The predicted molar refractivity (Wildman–Crippen MR) is 54.2 cm³/mol. The van der Waals surface area contributed by atoms with Crippen molar-refractivity contribution in [2.24, 2.45) is 5.92 Å². The molecule has 0 amide bonds. The lowest BCUT2D eigenvalue weighted by Gasteiger charge is -2.08. The Morgan fingerprint density at radius 3 is 1.80 bits per heavy atom. The summed E-state index contributed by atoms with van der Waals surface area (Å²) >= 11 is 0. The van der Waals surface area contributed by atoms with Crippen LogP contribution in [0.3, 0.4) is 0 Å². The second-order valence-electron chi connectivity index (χ2n) is 2.47. The number of hydrogen-bond acceptors (Lipinski definition) is 5. The highest BCUT2D eigenvalue weighted by Crippen LogP contribution is 2.07. The third kappa shape index (κ3) is 6.65. The quantitative estimate of drug-likeness (QED) is 0.519. The van der Waals surface area contributed by atoms with E-state index in [4.69, 9.17) is 0 Å². The van der Waals surface area contributed by atoms with E-state index < -0.39 is 23.6 Å². The van der Waals surface area contributed by atoms with Gasteiger partial charge in [-0.05, 0) is 6.92 Å². The monoisotopic (exact) mass is 218 g/mol. The molecule has 0 bridgehead atoms. The molecule has 0 N–H and O–H groups in total. The topological polar surface area (TPSA) is 69.7 Å². The van der Waals surface area contributed by atoms with Crippen LogP contribution in [-0.4, -0.2) is 31.9 Å². The molecule has 88 valence electrons. The number of rotatable bonds is 4. The van der Waals surface area contributed by atoms with Crippen LogP contribution in [0, 0.1) is 5.92 Å². The summed E-state index contributed by atoms with van der Waals surface area (Å²) in [6.45, 7) is 5.23. The average molecular weight is 218 g/mol. The van der Waals surface area contributed by atoms with Crippen LogP contribution in [0.5, 0.6) is 0 Å². The number of carbonyl (C=O) groups is 3. The second kappa shape index (κ2) is 9.18. The van der Waals surface area contributed by atoms with Gasteiger partial charge in [0, 0.05) is 0 Å². The molecule has 15 heavy (non-hydrogen) atoms. The highest BCUT2D eigenvalue weighted by Gasteiger charge is 2.27. The SMILES string of the molecule is CC.COC(=O)CC(C(C)=O)C(=O)OC. The van der Waals surface area contributed by atoms with Gasteiger partial charge in [0.1, 0.15) is 11.7 Å². The van der Waals surface area contributed by atoms with Crippen LogP contribution >= 0.6 is 0 Å². The summed E-state index contributed by atoms with van der Waals surface area (Å²) in [7, 11) is 2.35. The molecule has 1 unspecified atom stereocenters. The Morgan fingerprint density at radius 1 is 1.07 bits per heavy atom.